The van der Waals surface area contributed by atoms with E-state index in [9.17, 15) is 24.3 Å². The molecule has 4 amide bonds. The highest BCUT2D eigenvalue weighted by molar-refractivity contribution is 6.03. The number of aliphatic hydroxyl groups excluding tert-OH is 1. The van der Waals surface area contributed by atoms with Gasteiger partial charge in [-0.05, 0) is 19.3 Å². The Morgan fingerprint density at radius 3 is 1.61 bits per heavy atom. The van der Waals surface area contributed by atoms with Gasteiger partial charge in [-0.15, -0.1) is 0 Å². The predicted molar refractivity (Wildman–Crippen MR) is 80.6 cm³/mol. The molecule has 10 heteroatoms. The summed E-state index contributed by atoms with van der Waals surface area (Å²) < 4.78 is 0. The highest BCUT2D eigenvalue weighted by atomic mass is 16.3. The molecule has 0 saturated carbocycles. The maximum absolute atomic E-state index is 11.9. The summed E-state index contributed by atoms with van der Waals surface area (Å²) in [5.74, 6) is -0.000964. The lowest BCUT2D eigenvalue weighted by molar-refractivity contribution is -0.142. The maximum Gasteiger partial charge on any atom is 0.250 e. The Hall–Kier alpha value is -2.20. The van der Waals surface area contributed by atoms with Gasteiger partial charge in [-0.25, -0.2) is 5.84 Å². The zero-order chi connectivity index (χ0) is 18.0. The lowest BCUT2D eigenvalue weighted by atomic mass is 10.0. The molecule has 0 rings (SSSR count). The van der Waals surface area contributed by atoms with E-state index in [2.05, 4.69) is 16.2 Å². The van der Waals surface area contributed by atoms with E-state index >= 15 is 0 Å². The van der Waals surface area contributed by atoms with E-state index in [1.807, 2.05) is 5.43 Å². The van der Waals surface area contributed by atoms with Gasteiger partial charge in [0.2, 0.25) is 11.8 Å². The number of nitrogens with two attached hydrogens (primary N) is 1. The average molecular weight is 331 g/mol. The molecule has 0 heterocycles. The molecule has 0 radical (unpaired) electrons. The fourth-order valence-electron chi connectivity index (χ4n) is 1.74. The minimum atomic E-state index is -1.08. The monoisotopic (exact) mass is 331 g/mol. The number of hydrazine groups is 2. The minimum Gasteiger partial charge on any atom is -0.374 e. The highest BCUT2D eigenvalue weighted by Crippen LogP contribution is 2.05. The van der Waals surface area contributed by atoms with Gasteiger partial charge < -0.3 is 10.4 Å². The van der Waals surface area contributed by atoms with Gasteiger partial charge in [0.25, 0.3) is 11.8 Å². The van der Waals surface area contributed by atoms with Crippen LogP contribution in [0.15, 0.2) is 0 Å². The van der Waals surface area contributed by atoms with Gasteiger partial charge in [-0.1, -0.05) is 20.8 Å². The molecule has 0 bridgehead atoms. The molecule has 0 aliphatic rings. The first-order chi connectivity index (χ1) is 10.8. The second kappa shape index (κ2) is 10.5. The van der Waals surface area contributed by atoms with Gasteiger partial charge in [0.05, 0.1) is 0 Å². The number of amides is 4. The van der Waals surface area contributed by atoms with Crippen LogP contribution in [0.5, 0.6) is 0 Å². The second-order valence-corrected chi connectivity index (χ2v) is 4.84. The summed E-state index contributed by atoms with van der Waals surface area (Å²) in [5, 5.41) is 11.6. The molecule has 132 valence electrons. The fraction of sp³-hybridized carbons (Fsp3) is 0.692. The Balaban J connectivity index is 4.63. The molecule has 0 aromatic rings. The zero-order valence-electron chi connectivity index (χ0n) is 13.5. The van der Waals surface area contributed by atoms with E-state index in [0.717, 1.165) is 0 Å². The van der Waals surface area contributed by atoms with Gasteiger partial charge in [0.1, 0.15) is 18.1 Å². The van der Waals surface area contributed by atoms with Crippen molar-refractivity contribution < 1.29 is 24.3 Å². The smallest absolute Gasteiger partial charge is 0.250 e. The normalized spacial score (nSPS) is 14.1. The van der Waals surface area contributed by atoms with E-state index in [0.29, 0.717) is 6.42 Å². The molecule has 0 spiro atoms. The van der Waals surface area contributed by atoms with Crippen molar-refractivity contribution in [1.82, 2.24) is 21.6 Å². The summed E-state index contributed by atoms with van der Waals surface area (Å²) in [6.45, 7) is 4.88. The van der Waals surface area contributed by atoms with E-state index in [1.54, 1.807) is 20.8 Å². The number of carbonyl (C=O) groups excluding carboxylic acids is 4. The summed E-state index contributed by atoms with van der Waals surface area (Å²) in [7, 11) is 0. The van der Waals surface area contributed by atoms with Gasteiger partial charge in [0.15, 0.2) is 0 Å². The van der Waals surface area contributed by atoms with E-state index in [4.69, 9.17) is 5.84 Å². The van der Waals surface area contributed by atoms with Gasteiger partial charge in [0, 0.05) is 0 Å². The lowest BCUT2D eigenvalue weighted by Crippen LogP contribution is -2.53. The van der Waals surface area contributed by atoms with Crippen LogP contribution >= 0.6 is 0 Å². The van der Waals surface area contributed by atoms with Gasteiger partial charge in [-0.2, -0.15) is 0 Å². The molecular formula is C13H25N5O5. The molecule has 3 atom stereocenters. The largest absolute Gasteiger partial charge is 0.374 e. The number of hydrogen-bond acceptors (Lipinski definition) is 6. The Bertz CT molecular complexity index is 442. The van der Waals surface area contributed by atoms with Crippen LogP contribution in [0.3, 0.4) is 0 Å². The summed E-state index contributed by atoms with van der Waals surface area (Å²) in [6.07, 6.45) is -0.390. The molecule has 10 nitrogen and oxygen atoms in total. The second-order valence-electron chi connectivity index (χ2n) is 4.84. The van der Waals surface area contributed by atoms with Crippen molar-refractivity contribution in [3.8, 4) is 0 Å². The van der Waals surface area contributed by atoms with Crippen LogP contribution in [0.4, 0.5) is 0 Å². The molecule has 23 heavy (non-hydrogen) atoms. The van der Waals surface area contributed by atoms with E-state index in [1.165, 1.54) is 0 Å². The van der Waals surface area contributed by atoms with Crippen molar-refractivity contribution >= 4 is 23.6 Å². The third-order valence-corrected chi connectivity index (χ3v) is 3.23. The number of hydrogen-bond donors (Lipinski definition) is 6. The van der Waals surface area contributed by atoms with Crippen LogP contribution in [-0.4, -0.2) is 35.0 Å². The number of aliphatic hydroxyl groups is 1. The van der Waals surface area contributed by atoms with Crippen molar-refractivity contribution in [3.63, 3.8) is 0 Å². The summed E-state index contributed by atoms with van der Waals surface area (Å²) in [5.41, 5.74) is 6.05. The predicted octanol–water partition coefficient (Wildman–Crippen LogP) is -1.98. The quantitative estimate of drug-likeness (QED) is 0.0992. The van der Waals surface area contributed by atoms with Gasteiger partial charge >= 0.3 is 0 Å². The molecule has 7 N–H and O–H groups in total. The highest BCUT2D eigenvalue weighted by Gasteiger charge is 2.28. The Morgan fingerprint density at radius 2 is 1.26 bits per heavy atom. The SMILES string of the molecule is CCC(O)NC(=O)C(CC)C(=O)NNC(=O)C(CC)C(=O)NN. The van der Waals surface area contributed by atoms with Crippen molar-refractivity contribution in [2.75, 3.05) is 0 Å². The molecular weight excluding hydrogens is 306 g/mol. The molecule has 0 aliphatic carbocycles. The first kappa shape index (κ1) is 20.8. The van der Waals surface area contributed by atoms with Crippen molar-refractivity contribution in [2.24, 2.45) is 17.7 Å². The topological polar surface area (TPSA) is 163 Å². The van der Waals surface area contributed by atoms with Crippen molar-refractivity contribution in [2.45, 2.75) is 46.3 Å². The fourth-order valence-corrected chi connectivity index (χ4v) is 1.74. The summed E-state index contributed by atoms with van der Waals surface area (Å²) >= 11 is 0. The molecule has 0 fully saturated rings. The first-order valence-corrected chi connectivity index (χ1v) is 7.40. The Morgan fingerprint density at radius 1 is 0.826 bits per heavy atom. The van der Waals surface area contributed by atoms with Crippen LogP contribution < -0.4 is 27.4 Å². The van der Waals surface area contributed by atoms with Crippen LogP contribution in [0, 0.1) is 11.8 Å². The van der Waals surface area contributed by atoms with Gasteiger partial charge in [-0.3, -0.25) is 35.5 Å². The zero-order valence-corrected chi connectivity index (χ0v) is 13.5. The minimum absolute atomic E-state index is 0.171. The van der Waals surface area contributed by atoms with E-state index in [-0.39, 0.29) is 12.8 Å². The summed E-state index contributed by atoms with van der Waals surface area (Å²) in [6, 6.07) is 0. The molecule has 3 unspecified atom stereocenters. The van der Waals surface area contributed by atoms with E-state index < -0.39 is 41.7 Å². The standard InChI is InChI=1S/C13H25N5O5/c1-4-7(10(20)15-9(19)6-3)12(22)17-18-13(23)8(5-2)11(21)16-14/h7-9,19H,4-6,14H2,1-3H3,(H,15,20)(H,16,21)(H,17,22)(H,18,23). The molecule has 0 aromatic carbocycles. The van der Waals surface area contributed by atoms with Crippen LogP contribution in [0.25, 0.3) is 0 Å². The third kappa shape index (κ3) is 6.61. The van der Waals surface area contributed by atoms with Crippen LogP contribution in [0.1, 0.15) is 40.0 Å². The number of nitrogens with one attached hydrogen (secondary N) is 4. The number of carbonyl (C=O) groups is 4. The van der Waals surface area contributed by atoms with Crippen LogP contribution in [-0.2, 0) is 19.2 Å². The van der Waals surface area contributed by atoms with Crippen molar-refractivity contribution in [1.29, 1.82) is 0 Å². The molecule has 0 aromatic heterocycles. The number of rotatable bonds is 8. The van der Waals surface area contributed by atoms with Crippen LogP contribution in [0.2, 0.25) is 0 Å². The maximum atomic E-state index is 11.9. The molecule has 0 aliphatic heterocycles. The molecule has 0 saturated heterocycles. The lowest BCUT2D eigenvalue weighted by Gasteiger charge is -2.19. The Labute approximate surface area is 134 Å². The Kier molecular flexibility index (Phi) is 9.51. The first-order valence-electron chi connectivity index (χ1n) is 7.40. The van der Waals surface area contributed by atoms with Crippen molar-refractivity contribution in [3.05, 3.63) is 0 Å². The third-order valence-electron chi connectivity index (χ3n) is 3.23. The average Bonchev–Trinajstić information content (AvgIpc) is 2.53. The summed E-state index contributed by atoms with van der Waals surface area (Å²) in [4.78, 5) is 47.0.